The summed E-state index contributed by atoms with van der Waals surface area (Å²) in [6.07, 6.45) is 3.60. The van der Waals surface area contributed by atoms with Crippen molar-refractivity contribution in [1.29, 1.82) is 5.26 Å². The molecular formula is C31H27ClFN5O2. The van der Waals surface area contributed by atoms with Crippen molar-refractivity contribution < 1.29 is 14.2 Å². The van der Waals surface area contributed by atoms with Gasteiger partial charge in [0.25, 0.3) is 0 Å². The van der Waals surface area contributed by atoms with Gasteiger partial charge in [0, 0.05) is 41.5 Å². The molecule has 6 rings (SSSR count). The molecule has 0 spiro atoms. The van der Waals surface area contributed by atoms with E-state index in [0.29, 0.717) is 22.3 Å². The van der Waals surface area contributed by atoms with Crippen LogP contribution in [0.1, 0.15) is 24.8 Å². The summed E-state index contributed by atoms with van der Waals surface area (Å²) in [6.45, 7) is 2.05. The second-order valence-electron chi connectivity index (χ2n) is 9.61. The number of hydrogen-bond acceptors (Lipinski definition) is 6. The number of nitrogens with zero attached hydrogens (tertiary/aromatic N) is 4. The normalized spacial score (nSPS) is 13.1. The van der Waals surface area contributed by atoms with Crippen LogP contribution in [0.4, 0.5) is 10.1 Å². The van der Waals surface area contributed by atoms with Crippen LogP contribution in [0.25, 0.3) is 44.7 Å². The van der Waals surface area contributed by atoms with E-state index in [9.17, 15) is 10.4 Å². The number of fused-ring (bicyclic) bond motifs is 1. The minimum Gasteiger partial charge on any atom is -0.508 e. The van der Waals surface area contributed by atoms with Gasteiger partial charge in [0.05, 0.1) is 29.4 Å². The second kappa shape index (κ2) is 11.2. The molecule has 5 aromatic rings. The van der Waals surface area contributed by atoms with E-state index in [2.05, 4.69) is 38.3 Å². The predicted molar refractivity (Wildman–Crippen MR) is 156 cm³/mol. The first-order valence-corrected chi connectivity index (χ1v) is 12.9. The summed E-state index contributed by atoms with van der Waals surface area (Å²) in [4.78, 5) is 7.02. The molecule has 2 N–H and O–H groups in total. The van der Waals surface area contributed by atoms with E-state index in [-0.39, 0.29) is 35.0 Å². The quantitative estimate of drug-likeness (QED) is 0.240. The molecule has 1 aliphatic rings. The topological polar surface area (TPSA) is 98.1 Å². The summed E-state index contributed by atoms with van der Waals surface area (Å²) < 4.78 is 20.3. The molecule has 9 heteroatoms. The van der Waals surface area contributed by atoms with Crippen LogP contribution in [-0.2, 0) is 0 Å². The van der Waals surface area contributed by atoms with E-state index >= 15 is 4.39 Å². The van der Waals surface area contributed by atoms with Crippen molar-refractivity contribution >= 4 is 29.1 Å². The van der Waals surface area contributed by atoms with Gasteiger partial charge >= 0.3 is 0 Å². The lowest BCUT2D eigenvalue weighted by molar-refractivity contribution is 0.415. The first-order chi connectivity index (χ1) is 19.1. The van der Waals surface area contributed by atoms with Gasteiger partial charge in [-0.25, -0.2) is 9.37 Å². The average molecular weight is 556 g/mol. The van der Waals surface area contributed by atoms with E-state index in [1.54, 1.807) is 7.11 Å². The van der Waals surface area contributed by atoms with Crippen molar-refractivity contribution in [2.45, 2.75) is 19.3 Å². The number of aromatic amines is 1. The number of ether oxygens (including phenoxy) is 1. The Bertz CT molecular complexity index is 1710. The minimum absolute atomic E-state index is 0. The van der Waals surface area contributed by atoms with Gasteiger partial charge < -0.3 is 14.7 Å². The third-order valence-electron chi connectivity index (χ3n) is 7.28. The fourth-order valence-corrected chi connectivity index (χ4v) is 5.30. The molecule has 0 aliphatic carbocycles. The number of H-pyrrole nitrogens is 1. The Morgan fingerprint density at radius 3 is 2.33 bits per heavy atom. The Hall–Kier alpha value is -4.61. The summed E-state index contributed by atoms with van der Waals surface area (Å²) >= 11 is 0. The van der Waals surface area contributed by atoms with Crippen molar-refractivity contribution in [3.8, 4) is 51.2 Å². The lowest BCUT2D eigenvalue weighted by Crippen LogP contribution is -2.29. The number of nitriles is 1. The summed E-state index contributed by atoms with van der Waals surface area (Å²) in [5.74, 6) is -0.154. The Morgan fingerprint density at radius 1 is 0.975 bits per heavy atom. The first kappa shape index (κ1) is 27.0. The van der Waals surface area contributed by atoms with E-state index < -0.39 is 5.82 Å². The number of piperidine rings is 1. The Balaban J connectivity index is 0.00000323. The molecule has 0 atom stereocenters. The fourth-order valence-electron chi connectivity index (χ4n) is 5.30. The van der Waals surface area contributed by atoms with E-state index in [4.69, 9.17) is 4.74 Å². The van der Waals surface area contributed by atoms with Crippen molar-refractivity contribution in [1.82, 2.24) is 15.2 Å². The summed E-state index contributed by atoms with van der Waals surface area (Å²) in [7, 11) is 1.61. The maximum Gasteiger partial charge on any atom is 0.182 e. The number of aromatic nitrogens is 3. The van der Waals surface area contributed by atoms with Gasteiger partial charge in [-0.2, -0.15) is 10.4 Å². The second-order valence-corrected chi connectivity index (χ2v) is 9.61. The molecule has 1 aliphatic heterocycles. The highest BCUT2D eigenvalue weighted by atomic mass is 35.5. The molecular weight excluding hydrogens is 529 g/mol. The smallest absolute Gasteiger partial charge is 0.182 e. The standard InChI is InChI=1S/C31H26FN5O2.ClH/c1-39-23-12-7-20(8-13-23)29-28-27(19-5-9-21(10-6-19)37-15-3-2-4-16-37)25(18-33)30(34-31(28)36-35-29)24-14-11-22(38)17-26(24)32;/h5-14,17,38H,2-4,15-16H2,1H3,(H,34,35,36);1H. The lowest BCUT2D eigenvalue weighted by Gasteiger charge is -2.29. The van der Waals surface area contributed by atoms with Gasteiger partial charge in [-0.1, -0.05) is 12.1 Å². The summed E-state index contributed by atoms with van der Waals surface area (Å²) in [6, 6.07) is 21.8. The van der Waals surface area contributed by atoms with Gasteiger partial charge in [-0.15, -0.1) is 12.4 Å². The third-order valence-corrected chi connectivity index (χ3v) is 7.28. The number of methoxy groups -OCH3 is 1. The maximum atomic E-state index is 15.0. The molecule has 40 heavy (non-hydrogen) atoms. The Kier molecular flexibility index (Phi) is 7.58. The van der Waals surface area contributed by atoms with Gasteiger partial charge in [-0.3, -0.25) is 5.10 Å². The number of benzene rings is 3. The zero-order valence-corrected chi connectivity index (χ0v) is 22.6. The van der Waals surface area contributed by atoms with E-state index in [1.807, 2.05) is 36.4 Å². The van der Waals surface area contributed by atoms with Gasteiger partial charge in [0.1, 0.15) is 23.4 Å². The molecule has 3 heterocycles. The zero-order valence-electron chi connectivity index (χ0n) is 21.8. The van der Waals surface area contributed by atoms with Gasteiger partial charge in [-0.05, 0) is 73.4 Å². The number of halogens is 2. The number of rotatable bonds is 5. The first-order valence-electron chi connectivity index (χ1n) is 12.9. The monoisotopic (exact) mass is 555 g/mol. The molecule has 0 unspecified atom stereocenters. The molecule has 0 amide bonds. The third kappa shape index (κ3) is 4.80. The van der Waals surface area contributed by atoms with Crippen LogP contribution in [0.5, 0.6) is 11.5 Å². The number of phenols is 1. The largest absolute Gasteiger partial charge is 0.508 e. The van der Waals surface area contributed by atoms with Crippen molar-refractivity contribution in [3.63, 3.8) is 0 Å². The number of anilines is 1. The van der Waals surface area contributed by atoms with Crippen LogP contribution < -0.4 is 9.64 Å². The fraction of sp³-hybridized carbons (Fsp3) is 0.194. The molecule has 0 bridgehead atoms. The zero-order chi connectivity index (χ0) is 26.9. The van der Waals surface area contributed by atoms with Gasteiger partial charge in [0.15, 0.2) is 5.65 Å². The Morgan fingerprint density at radius 2 is 1.68 bits per heavy atom. The Labute approximate surface area is 237 Å². The minimum atomic E-state index is -0.671. The molecule has 0 saturated carbocycles. The SMILES string of the molecule is COc1ccc(-c2[nH]nc3nc(-c4ccc(O)cc4F)c(C#N)c(-c4ccc(N5CCCCC5)cc4)c23)cc1.Cl. The molecule has 7 nitrogen and oxygen atoms in total. The van der Waals surface area contributed by atoms with Crippen molar-refractivity contribution in [3.05, 3.63) is 78.1 Å². The number of hydrogen-bond donors (Lipinski definition) is 2. The predicted octanol–water partition coefficient (Wildman–Crippen LogP) is 7.10. The highest BCUT2D eigenvalue weighted by Gasteiger charge is 2.24. The van der Waals surface area contributed by atoms with Crippen LogP contribution in [0.15, 0.2) is 66.7 Å². The summed E-state index contributed by atoms with van der Waals surface area (Å²) in [5, 5.41) is 28.4. The molecule has 202 valence electrons. The number of aromatic hydroxyl groups is 1. The summed E-state index contributed by atoms with van der Waals surface area (Å²) in [5.41, 5.74) is 4.98. The van der Waals surface area contributed by atoms with Crippen molar-refractivity contribution in [2.75, 3.05) is 25.1 Å². The molecule has 1 fully saturated rings. The van der Waals surface area contributed by atoms with Crippen molar-refractivity contribution in [2.24, 2.45) is 0 Å². The van der Waals surface area contributed by atoms with Crippen LogP contribution in [0, 0.1) is 17.1 Å². The van der Waals surface area contributed by atoms with Crippen LogP contribution in [-0.4, -0.2) is 40.5 Å². The highest BCUT2D eigenvalue weighted by molar-refractivity contribution is 6.06. The molecule has 2 aromatic heterocycles. The maximum absolute atomic E-state index is 15.0. The molecule has 1 saturated heterocycles. The van der Waals surface area contributed by atoms with Gasteiger partial charge in [0.2, 0.25) is 0 Å². The van der Waals surface area contributed by atoms with E-state index in [1.165, 1.54) is 31.4 Å². The molecule has 3 aromatic carbocycles. The highest BCUT2D eigenvalue weighted by Crippen LogP contribution is 2.41. The van der Waals surface area contributed by atoms with Crippen LogP contribution in [0.3, 0.4) is 0 Å². The number of pyridine rings is 1. The number of nitrogens with one attached hydrogen (secondary N) is 1. The van der Waals surface area contributed by atoms with Crippen LogP contribution in [0.2, 0.25) is 0 Å². The lowest BCUT2D eigenvalue weighted by atomic mass is 9.91. The van der Waals surface area contributed by atoms with Crippen LogP contribution >= 0.6 is 12.4 Å². The number of phenolic OH excluding ortho intramolecular Hbond substituents is 1. The molecule has 0 radical (unpaired) electrons. The average Bonchev–Trinajstić information content (AvgIpc) is 3.40. The van der Waals surface area contributed by atoms with E-state index in [0.717, 1.165) is 41.7 Å².